The van der Waals surface area contributed by atoms with Gasteiger partial charge in [-0.3, -0.25) is 4.98 Å². The Kier molecular flexibility index (Phi) is 3.17. The summed E-state index contributed by atoms with van der Waals surface area (Å²) in [4.78, 5) is 15.4. The Hall–Kier alpha value is -1.97. The molecular formula is C14H16N4. The van der Waals surface area contributed by atoms with Crippen molar-refractivity contribution in [3.63, 3.8) is 0 Å². The molecule has 1 aliphatic heterocycles. The molecule has 0 bridgehead atoms. The number of anilines is 1. The number of piperidine rings is 1. The van der Waals surface area contributed by atoms with Crippen LogP contribution in [0.5, 0.6) is 0 Å². The van der Waals surface area contributed by atoms with E-state index in [4.69, 9.17) is 0 Å². The number of nitrogens with zero attached hydrogens (tertiary/aromatic N) is 4. The first-order valence-electron chi connectivity index (χ1n) is 6.42. The molecule has 0 aromatic carbocycles. The molecule has 4 heteroatoms. The first kappa shape index (κ1) is 11.1. The summed E-state index contributed by atoms with van der Waals surface area (Å²) in [6, 6.07) is 5.89. The van der Waals surface area contributed by atoms with Gasteiger partial charge in [0.15, 0.2) is 0 Å². The maximum Gasteiger partial charge on any atom is 0.225 e. The summed E-state index contributed by atoms with van der Waals surface area (Å²) in [5.41, 5.74) is 1.98. The Morgan fingerprint density at radius 2 is 1.89 bits per heavy atom. The van der Waals surface area contributed by atoms with Crippen LogP contribution in [0.4, 0.5) is 5.95 Å². The van der Waals surface area contributed by atoms with E-state index in [0.717, 1.165) is 30.3 Å². The molecule has 3 rings (SSSR count). The summed E-state index contributed by atoms with van der Waals surface area (Å²) >= 11 is 0. The van der Waals surface area contributed by atoms with E-state index < -0.39 is 0 Å². The minimum absolute atomic E-state index is 0.844. The van der Waals surface area contributed by atoms with E-state index >= 15 is 0 Å². The molecule has 2 aromatic heterocycles. The first-order chi connectivity index (χ1) is 8.93. The second-order valence-corrected chi connectivity index (χ2v) is 4.53. The Morgan fingerprint density at radius 3 is 2.67 bits per heavy atom. The Bertz CT molecular complexity index is 506. The second kappa shape index (κ2) is 5.12. The van der Waals surface area contributed by atoms with Gasteiger partial charge < -0.3 is 4.90 Å². The highest BCUT2D eigenvalue weighted by atomic mass is 15.2. The van der Waals surface area contributed by atoms with Gasteiger partial charge in [-0.15, -0.1) is 0 Å². The monoisotopic (exact) mass is 240 g/mol. The van der Waals surface area contributed by atoms with Crippen molar-refractivity contribution in [3.8, 4) is 11.3 Å². The molecule has 3 heterocycles. The average molecular weight is 240 g/mol. The van der Waals surface area contributed by atoms with Crippen molar-refractivity contribution in [2.24, 2.45) is 0 Å². The fraction of sp³-hybridized carbons (Fsp3) is 0.357. The summed E-state index contributed by atoms with van der Waals surface area (Å²) in [5.74, 6) is 0.844. The molecule has 2 aromatic rings. The molecule has 18 heavy (non-hydrogen) atoms. The maximum atomic E-state index is 4.64. The van der Waals surface area contributed by atoms with Gasteiger partial charge in [-0.05, 0) is 37.5 Å². The van der Waals surface area contributed by atoms with E-state index in [9.17, 15) is 0 Å². The minimum atomic E-state index is 0.844. The molecule has 0 spiro atoms. The predicted molar refractivity (Wildman–Crippen MR) is 71.3 cm³/mol. The van der Waals surface area contributed by atoms with Gasteiger partial charge in [0, 0.05) is 37.2 Å². The van der Waals surface area contributed by atoms with Crippen molar-refractivity contribution in [1.29, 1.82) is 0 Å². The number of rotatable bonds is 2. The molecule has 0 unspecified atom stereocenters. The molecule has 0 aliphatic carbocycles. The van der Waals surface area contributed by atoms with E-state index in [-0.39, 0.29) is 0 Å². The van der Waals surface area contributed by atoms with Crippen molar-refractivity contribution in [2.75, 3.05) is 18.0 Å². The summed E-state index contributed by atoms with van der Waals surface area (Å²) < 4.78 is 0. The highest BCUT2D eigenvalue weighted by molar-refractivity contribution is 5.58. The largest absolute Gasteiger partial charge is 0.341 e. The van der Waals surface area contributed by atoms with Crippen LogP contribution in [0.15, 0.2) is 36.8 Å². The summed E-state index contributed by atoms with van der Waals surface area (Å²) in [6.07, 6.45) is 9.23. The van der Waals surface area contributed by atoms with Crippen molar-refractivity contribution in [2.45, 2.75) is 19.3 Å². The van der Waals surface area contributed by atoms with E-state index in [2.05, 4.69) is 19.9 Å². The fourth-order valence-corrected chi connectivity index (χ4v) is 2.27. The Labute approximate surface area is 107 Å². The van der Waals surface area contributed by atoms with Crippen LogP contribution in [0.1, 0.15) is 19.3 Å². The van der Waals surface area contributed by atoms with Crippen LogP contribution in [0, 0.1) is 0 Å². The van der Waals surface area contributed by atoms with Gasteiger partial charge in [0.05, 0.1) is 5.69 Å². The number of hydrogen-bond acceptors (Lipinski definition) is 4. The SMILES string of the molecule is c1cncc(-c2ccnc(N3CCCCC3)n2)c1. The molecule has 0 N–H and O–H groups in total. The van der Waals surface area contributed by atoms with Crippen LogP contribution in [-0.2, 0) is 0 Å². The molecule has 0 atom stereocenters. The fourth-order valence-electron chi connectivity index (χ4n) is 2.27. The zero-order valence-electron chi connectivity index (χ0n) is 10.3. The van der Waals surface area contributed by atoms with Crippen molar-refractivity contribution < 1.29 is 0 Å². The Morgan fingerprint density at radius 1 is 1.00 bits per heavy atom. The molecule has 0 saturated carbocycles. The molecule has 92 valence electrons. The summed E-state index contributed by atoms with van der Waals surface area (Å²) in [7, 11) is 0. The lowest BCUT2D eigenvalue weighted by Crippen LogP contribution is -2.30. The standard InChI is InChI=1S/C14H16N4/c1-2-9-18(10-3-1)14-16-8-6-13(17-14)12-5-4-7-15-11-12/h4-8,11H,1-3,9-10H2. The van der Waals surface area contributed by atoms with Gasteiger partial charge in [0.25, 0.3) is 0 Å². The van der Waals surface area contributed by atoms with Gasteiger partial charge in [0.2, 0.25) is 5.95 Å². The van der Waals surface area contributed by atoms with Crippen LogP contribution in [0.25, 0.3) is 11.3 Å². The lowest BCUT2D eigenvalue weighted by Gasteiger charge is -2.26. The van der Waals surface area contributed by atoms with Crippen molar-refractivity contribution in [3.05, 3.63) is 36.8 Å². The smallest absolute Gasteiger partial charge is 0.225 e. The van der Waals surface area contributed by atoms with Crippen LogP contribution < -0.4 is 4.90 Å². The van der Waals surface area contributed by atoms with E-state index in [1.165, 1.54) is 19.3 Å². The molecule has 1 saturated heterocycles. The summed E-state index contributed by atoms with van der Waals surface area (Å²) in [6.45, 7) is 2.13. The van der Waals surface area contributed by atoms with Crippen molar-refractivity contribution >= 4 is 5.95 Å². The lowest BCUT2D eigenvalue weighted by molar-refractivity contribution is 0.568. The van der Waals surface area contributed by atoms with E-state index in [1.54, 1.807) is 6.20 Å². The Balaban J connectivity index is 1.89. The third-order valence-corrected chi connectivity index (χ3v) is 3.24. The average Bonchev–Trinajstić information content (AvgIpc) is 2.49. The maximum absolute atomic E-state index is 4.64. The van der Waals surface area contributed by atoms with Gasteiger partial charge >= 0.3 is 0 Å². The van der Waals surface area contributed by atoms with Gasteiger partial charge in [-0.2, -0.15) is 0 Å². The number of hydrogen-bond donors (Lipinski definition) is 0. The third kappa shape index (κ3) is 2.32. The van der Waals surface area contributed by atoms with Crippen LogP contribution in [-0.4, -0.2) is 28.0 Å². The first-order valence-corrected chi connectivity index (χ1v) is 6.42. The number of pyridine rings is 1. The zero-order chi connectivity index (χ0) is 12.2. The molecule has 0 radical (unpaired) electrons. The van der Waals surface area contributed by atoms with Gasteiger partial charge in [0.1, 0.15) is 0 Å². The normalized spacial score (nSPS) is 15.7. The lowest BCUT2D eigenvalue weighted by atomic mass is 10.1. The zero-order valence-corrected chi connectivity index (χ0v) is 10.3. The highest BCUT2D eigenvalue weighted by Gasteiger charge is 2.13. The van der Waals surface area contributed by atoms with Crippen molar-refractivity contribution in [1.82, 2.24) is 15.0 Å². The third-order valence-electron chi connectivity index (χ3n) is 3.24. The topological polar surface area (TPSA) is 41.9 Å². The molecule has 1 fully saturated rings. The summed E-state index contributed by atoms with van der Waals surface area (Å²) in [5, 5.41) is 0. The number of aromatic nitrogens is 3. The minimum Gasteiger partial charge on any atom is -0.341 e. The van der Waals surface area contributed by atoms with Crippen LogP contribution in [0.2, 0.25) is 0 Å². The van der Waals surface area contributed by atoms with Gasteiger partial charge in [-0.1, -0.05) is 0 Å². The molecule has 0 amide bonds. The predicted octanol–water partition coefficient (Wildman–Crippen LogP) is 2.53. The quantitative estimate of drug-likeness (QED) is 0.809. The highest BCUT2D eigenvalue weighted by Crippen LogP contribution is 2.20. The van der Waals surface area contributed by atoms with E-state index in [0.29, 0.717) is 0 Å². The van der Waals surface area contributed by atoms with Gasteiger partial charge in [-0.25, -0.2) is 9.97 Å². The molecule has 4 nitrogen and oxygen atoms in total. The second-order valence-electron chi connectivity index (χ2n) is 4.53. The van der Waals surface area contributed by atoms with Crippen LogP contribution in [0.3, 0.4) is 0 Å². The van der Waals surface area contributed by atoms with Crippen LogP contribution >= 0.6 is 0 Å². The van der Waals surface area contributed by atoms with E-state index in [1.807, 2.05) is 30.6 Å². The molecule has 1 aliphatic rings. The molecular weight excluding hydrogens is 224 g/mol.